The van der Waals surface area contributed by atoms with Crippen LogP contribution in [0.4, 0.5) is 8.78 Å². The van der Waals surface area contributed by atoms with Crippen molar-refractivity contribution in [2.45, 2.75) is 19.8 Å². The van der Waals surface area contributed by atoms with Crippen LogP contribution in [0.25, 0.3) is 0 Å². The topological polar surface area (TPSA) is 52.6 Å². The van der Waals surface area contributed by atoms with Gasteiger partial charge in [0.25, 0.3) is 0 Å². The first-order valence-corrected chi connectivity index (χ1v) is 7.45. The predicted octanol–water partition coefficient (Wildman–Crippen LogP) is 4.14. The number of benzene rings is 2. The van der Waals surface area contributed by atoms with Gasteiger partial charge in [0.05, 0.1) is 17.7 Å². The highest BCUT2D eigenvalue weighted by molar-refractivity contribution is 5.96. The van der Waals surface area contributed by atoms with E-state index in [2.05, 4.69) is 0 Å². The molecule has 0 N–H and O–H groups in total. The summed E-state index contributed by atoms with van der Waals surface area (Å²) >= 11 is 0. The molecule has 0 aliphatic carbocycles. The predicted molar refractivity (Wildman–Crippen MR) is 82.9 cm³/mol. The van der Waals surface area contributed by atoms with Crippen LogP contribution >= 0.6 is 0 Å². The second-order valence-electron chi connectivity index (χ2n) is 5.06. The largest absolute Gasteiger partial charge is 0.462 e. The molecule has 6 heteroatoms. The Hall–Kier alpha value is -2.76. The molecule has 2 rings (SSSR count). The molecule has 0 bridgehead atoms. The van der Waals surface area contributed by atoms with Gasteiger partial charge in [-0.05, 0) is 24.6 Å². The van der Waals surface area contributed by atoms with Crippen molar-refractivity contribution in [2.75, 3.05) is 6.61 Å². The van der Waals surface area contributed by atoms with E-state index in [4.69, 9.17) is 9.47 Å². The Bertz CT molecular complexity index is 723. The van der Waals surface area contributed by atoms with Crippen molar-refractivity contribution in [2.24, 2.45) is 0 Å². The highest BCUT2D eigenvalue weighted by Gasteiger charge is 2.14. The van der Waals surface area contributed by atoms with Crippen molar-refractivity contribution < 1.29 is 27.8 Å². The Balaban J connectivity index is 2.09. The van der Waals surface area contributed by atoms with Crippen molar-refractivity contribution in [3.05, 3.63) is 65.2 Å². The second-order valence-corrected chi connectivity index (χ2v) is 5.06. The normalized spacial score (nSPS) is 10.3. The lowest BCUT2D eigenvalue weighted by Crippen LogP contribution is -2.11. The monoisotopic (exact) mass is 334 g/mol. The lowest BCUT2D eigenvalue weighted by molar-refractivity contribution is 0.0499. The van der Waals surface area contributed by atoms with Gasteiger partial charge >= 0.3 is 11.9 Å². The zero-order valence-corrected chi connectivity index (χ0v) is 13.1. The van der Waals surface area contributed by atoms with E-state index in [-0.39, 0.29) is 16.9 Å². The number of unbranched alkanes of at least 4 members (excludes halogenated alkanes) is 1. The Kier molecular flexibility index (Phi) is 6.01. The number of halogens is 2. The van der Waals surface area contributed by atoms with Gasteiger partial charge in [-0.25, -0.2) is 18.4 Å². The van der Waals surface area contributed by atoms with Crippen LogP contribution in [0.5, 0.6) is 5.75 Å². The molecule has 0 fully saturated rings. The van der Waals surface area contributed by atoms with Crippen LogP contribution in [0.3, 0.4) is 0 Å². The minimum atomic E-state index is -0.856. The van der Waals surface area contributed by atoms with Gasteiger partial charge in [-0.1, -0.05) is 19.4 Å². The first-order valence-electron chi connectivity index (χ1n) is 7.45. The third-order valence-electron chi connectivity index (χ3n) is 3.11. The highest BCUT2D eigenvalue weighted by Crippen LogP contribution is 2.17. The molecule has 24 heavy (non-hydrogen) atoms. The minimum Gasteiger partial charge on any atom is -0.462 e. The summed E-state index contributed by atoms with van der Waals surface area (Å²) in [5.74, 6) is -3.34. The lowest BCUT2D eigenvalue weighted by atomic mass is 10.1. The lowest BCUT2D eigenvalue weighted by Gasteiger charge is -2.07. The van der Waals surface area contributed by atoms with E-state index in [1.165, 1.54) is 24.3 Å². The molecule has 0 aliphatic rings. The summed E-state index contributed by atoms with van der Waals surface area (Å²) in [4.78, 5) is 23.9. The third-order valence-corrected chi connectivity index (χ3v) is 3.11. The van der Waals surface area contributed by atoms with E-state index >= 15 is 0 Å². The molecule has 2 aromatic carbocycles. The quantitative estimate of drug-likeness (QED) is 0.453. The molecule has 4 nitrogen and oxygen atoms in total. The van der Waals surface area contributed by atoms with Gasteiger partial charge in [-0.15, -0.1) is 0 Å². The molecule has 2 aromatic rings. The summed E-state index contributed by atoms with van der Waals surface area (Å²) in [5.41, 5.74) is 0.274. The van der Waals surface area contributed by atoms with Crippen LogP contribution in [-0.2, 0) is 4.74 Å². The fourth-order valence-corrected chi connectivity index (χ4v) is 1.92. The first kappa shape index (κ1) is 17.6. The zero-order chi connectivity index (χ0) is 17.5. The molecule has 0 spiro atoms. The molecular weight excluding hydrogens is 318 g/mol. The fraction of sp³-hybridized carbons (Fsp3) is 0.222. The standard InChI is InChI=1S/C18H16F2O4/c1-2-3-7-23-17(21)12-5-4-6-13(8-12)18(22)24-16-10-14(19)9-15(20)11-16/h4-6,8-11H,2-3,7H2,1H3. The maximum absolute atomic E-state index is 13.1. The summed E-state index contributed by atoms with van der Waals surface area (Å²) < 4.78 is 36.2. The molecule has 0 heterocycles. The number of hydrogen-bond donors (Lipinski definition) is 0. The summed E-state index contributed by atoms with van der Waals surface area (Å²) in [5, 5.41) is 0. The van der Waals surface area contributed by atoms with Crippen LogP contribution in [0.15, 0.2) is 42.5 Å². The van der Waals surface area contributed by atoms with E-state index in [1.54, 1.807) is 0 Å². The van der Waals surface area contributed by atoms with Crippen molar-refractivity contribution in [3.63, 3.8) is 0 Å². The summed E-state index contributed by atoms with van der Waals surface area (Å²) in [6.07, 6.45) is 1.64. The van der Waals surface area contributed by atoms with Crippen LogP contribution in [0, 0.1) is 11.6 Å². The van der Waals surface area contributed by atoms with Gasteiger partial charge in [0.2, 0.25) is 0 Å². The van der Waals surface area contributed by atoms with Crippen LogP contribution in [-0.4, -0.2) is 18.5 Å². The minimum absolute atomic E-state index is 0.0737. The van der Waals surface area contributed by atoms with E-state index in [0.717, 1.165) is 25.0 Å². The van der Waals surface area contributed by atoms with E-state index in [0.29, 0.717) is 12.7 Å². The zero-order valence-electron chi connectivity index (χ0n) is 13.1. The van der Waals surface area contributed by atoms with Crippen molar-refractivity contribution in [3.8, 4) is 5.75 Å². The SMILES string of the molecule is CCCCOC(=O)c1cccc(C(=O)Oc2cc(F)cc(F)c2)c1. The average Bonchev–Trinajstić information content (AvgIpc) is 2.54. The van der Waals surface area contributed by atoms with E-state index in [9.17, 15) is 18.4 Å². The van der Waals surface area contributed by atoms with Gasteiger partial charge in [0, 0.05) is 18.2 Å². The molecule has 0 saturated carbocycles. The number of carbonyl (C=O) groups excluding carboxylic acids is 2. The molecule has 0 atom stereocenters. The number of carbonyl (C=O) groups is 2. The van der Waals surface area contributed by atoms with Crippen molar-refractivity contribution in [1.82, 2.24) is 0 Å². The van der Waals surface area contributed by atoms with Crippen LogP contribution < -0.4 is 4.74 Å². The fourth-order valence-electron chi connectivity index (χ4n) is 1.92. The van der Waals surface area contributed by atoms with E-state index in [1.807, 2.05) is 6.92 Å². The average molecular weight is 334 g/mol. The molecule has 0 aromatic heterocycles. The molecule has 0 saturated heterocycles. The van der Waals surface area contributed by atoms with Gasteiger partial charge in [0.1, 0.15) is 17.4 Å². The molecule has 126 valence electrons. The van der Waals surface area contributed by atoms with Crippen LogP contribution in [0.2, 0.25) is 0 Å². The van der Waals surface area contributed by atoms with Crippen LogP contribution in [0.1, 0.15) is 40.5 Å². The molecule has 0 unspecified atom stereocenters. The van der Waals surface area contributed by atoms with Gasteiger partial charge in [0.15, 0.2) is 0 Å². The molecule has 0 radical (unpaired) electrons. The maximum Gasteiger partial charge on any atom is 0.343 e. The Labute approximate surface area is 138 Å². The summed E-state index contributed by atoms with van der Waals surface area (Å²) in [6.45, 7) is 2.27. The van der Waals surface area contributed by atoms with Gasteiger partial charge in [-0.2, -0.15) is 0 Å². The maximum atomic E-state index is 13.1. The number of rotatable bonds is 6. The number of esters is 2. The number of hydrogen-bond acceptors (Lipinski definition) is 4. The van der Waals surface area contributed by atoms with Crippen molar-refractivity contribution in [1.29, 1.82) is 0 Å². The van der Waals surface area contributed by atoms with Gasteiger partial charge < -0.3 is 9.47 Å². The smallest absolute Gasteiger partial charge is 0.343 e. The Morgan fingerprint density at radius 2 is 1.58 bits per heavy atom. The highest BCUT2D eigenvalue weighted by atomic mass is 19.1. The summed E-state index contributed by atoms with van der Waals surface area (Å²) in [7, 11) is 0. The Morgan fingerprint density at radius 3 is 2.21 bits per heavy atom. The third kappa shape index (κ3) is 4.87. The molecular formula is C18H16F2O4. The molecule has 0 amide bonds. The summed E-state index contributed by atoms with van der Waals surface area (Å²) in [6, 6.07) is 8.21. The number of ether oxygens (including phenoxy) is 2. The second kappa shape index (κ2) is 8.19. The van der Waals surface area contributed by atoms with E-state index < -0.39 is 23.6 Å². The molecule has 0 aliphatic heterocycles. The first-order chi connectivity index (χ1) is 11.5. The Morgan fingerprint density at radius 1 is 0.958 bits per heavy atom. The van der Waals surface area contributed by atoms with Gasteiger partial charge in [-0.3, -0.25) is 0 Å². The van der Waals surface area contributed by atoms with Crippen molar-refractivity contribution >= 4 is 11.9 Å².